The first kappa shape index (κ1) is 13.6. The summed E-state index contributed by atoms with van der Waals surface area (Å²) in [5.74, 6) is 0.245. The first-order valence-electron chi connectivity index (χ1n) is 7.94. The highest BCUT2D eigenvalue weighted by Crippen LogP contribution is 2.22. The van der Waals surface area contributed by atoms with Gasteiger partial charge in [-0.2, -0.15) is 4.98 Å². The van der Waals surface area contributed by atoms with Gasteiger partial charge in [0.1, 0.15) is 5.52 Å². The van der Waals surface area contributed by atoms with E-state index in [9.17, 15) is 4.79 Å². The molecule has 4 rings (SSSR count). The molecule has 1 amide bonds. The lowest BCUT2D eigenvalue weighted by Gasteiger charge is -2.35. The van der Waals surface area contributed by atoms with Gasteiger partial charge in [0.05, 0.1) is 6.04 Å². The molecule has 6 heteroatoms. The third-order valence-corrected chi connectivity index (χ3v) is 4.50. The molecule has 1 unspecified atom stereocenters. The van der Waals surface area contributed by atoms with Gasteiger partial charge in [0.15, 0.2) is 5.58 Å². The second-order valence-electron chi connectivity index (χ2n) is 5.93. The summed E-state index contributed by atoms with van der Waals surface area (Å²) < 4.78 is 5.80. The fraction of sp³-hybridized carbons (Fsp3) is 0.500. The standard InChI is InChI=1S/C16H20N4O2/c21-15(13-5-3-7-17-13)19-8-10-20(11-9-19)16-18-12-4-1-2-6-14(12)22-16/h1-2,4,6,13,17H,3,5,7-11H2. The Balaban J connectivity index is 1.41. The molecule has 1 atom stereocenters. The number of oxazole rings is 1. The van der Waals surface area contributed by atoms with Crippen LogP contribution in [0.1, 0.15) is 12.8 Å². The Morgan fingerprint density at radius 2 is 2.05 bits per heavy atom. The Morgan fingerprint density at radius 1 is 1.23 bits per heavy atom. The van der Waals surface area contributed by atoms with Crippen molar-refractivity contribution >= 4 is 23.0 Å². The van der Waals surface area contributed by atoms with Crippen LogP contribution < -0.4 is 10.2 Å². The second-order valence-corrected chi connectivity index (χ2v) is 5.93. The van der Waals surface area contributed by atoms with Crippen molar-refractivity contribution in [3.05, 3.63) is 24.3 Å². The van der Waals surface area contributed by atoms with E-state index in [1.807, 2.05) is 29.2 Å². The zero-order valence-electron chi connectivity index (χ0n) is 12.5. The maximum atomic E-state index is 12.4. The molecule has 0 saturated carbocycles. The molecule has 0 aliphatic carbocycles. The summed E-state index contributed by atoms with van der Waals surface area (Å²) in [6.45, 7) is 3.96. The van der Waals surface area contributed by atoms with Crippen molar-refractivity contribution in [3.63, 3.8) is 0 Å². The molecule has 3 heterocycles. The highest BCUT2D eigenvalue weighted by Gasteiger charge is 2.30. The molecule has 2 aromatic rings. The molecular weight excluding hydrogens is 280 g/mol. The SMILES string of the molecule is O=C(C1CCCN1)N1CCN(c2nc3ccccc3o2)CC1. The topological polar surface area (TPSA) is 61.6 Å². The molecule has 0 bridgehead atoms. The minimum atomic E-state index is 0.0240. The average molecular weight is 300 g/mol. The van der Waals surface area contributed by atoms with Crippen molar-refractivity contribution < 1.29 is 9.21 Å². The van der Waals surface area contributed by atoms with Gasteiger partial charge >= 0.3 is 0 Å². The number of rotatable bonds is 2. The van der Waals surface area contributed by atoms with Gasteiger partial charge in [-0.3, -0.25) is 4.79 Å². The number of para-hydroxylation sites is 2. The van der Waals surface area contributed by atoms with Gasteiger partial charge in [-0.1, -0.05) is 12.1 Å². The third-order valence-electron chi connectivity index (χ3n) is 4.50. The number of anilines is 1. The molecule has 6 nitrogen and oxygen atoms in total. The molecule has 2 fully saturated rings. The van der Waals surface area contributed by atoms with Crippen LogP contribution in [0.25, 0.3) is 11.1 Å². The predicted octanol–water partition coefficient (Wildman–Crippen LogP) is 1.23. The maximum Gasteiger partial charge on any atom is 0.298 e. The summed E-state index contributed by atoms with van der Waals surface area (Å²) in [5.41, 5.74) is 1.69. The van der Waals surface area contributed by atoms with Crippen molar-refractivity contribution in [2.24, 2.45) is 0 Å². The number of nitrogens with zero attached hydrogens (tertiary/aromatic N) is 3. The number of fused-ring (bicyclic) bond motifs is 1. The Bertz CT molecular complexity index is 637. The monoisotopic (exact) mass is 300 g/mol. The zero-order valence-corrected chi connectivity index (χ0v) is 12.5. The van der Waals surface area contributed by atoms with E-state index in [4.69, 9.17) is 4.42 Å². The van der Waals surface area contributed by atoms with Crippen LogP contribution in [-0.4, -0.2) is 54.6 Å². The van der Waals surface area contributed by atoms with E-state index >= 15 is 0 Å². The highest BCUT2D eigenvalue weighted by atomic mass is 16.4. The largest absolute Gasteiger partial charge is 0.423 e. The van der Waals surface area contributed by atoms with Gasteiger partial charge in [-0.15, -0.1) is 0 Å². The lowest BCUT2D eigenvalue weighted by atomic mass is 10.2. The average Bonchev–Trinajstić information content (AvgIpc) is 3.23. The van der Waals surface area contributed by atoms with Crippen molar-refractivity contribution in [2.45, 2.75) is 18.9 Å². The van der Waals surface area contributed by atoms with Gasteiger partial charge in [0, 0.05) is 26.2 Å². The molecule has 2 aliphatic heterocycles. The van der Waals surface area contributed by atoms with Crippen molar-refractivity contribution in [3.8, 4) is 0 Å². The molecule has 0 spiro atoms. The molecule has 1 aromatic carbocycles. The first-order valence-corrected chi connectivity index (χ1v) is 7.94. The fourth-order valence-electron chi connectivity index (χ4n) is 3.23. The number of carbonyl (C=O) groups is 1. The van der Waals surface area contributed by atoms with Crippen LogP contribution in [0.3, 0.4) is 0 Å². The van der Waals surface area contributed by atoms with Crippen LogP contribution in [-0.2, 0) is 4.79 Å². The van der Waals surface area contributed by atoms with E-state index < -0.39 is 0 Å². The molecule has 22 heavy (non-hydrogen) atoms. The van der Waals surface area contributed by atoms with E-state index in [1.54, 1.807) is 0 Å². The Kier molecular flexibility index (Phi) is 3.46. The highest BCUT2D eigenvalue weighted by molar-refractivity contribution is 5.82. The van der Waals surface area contributed by atoms with Crippen molar-refractivity contribution in [1.29, 1.82) is 0 Å². The smallest absolute Gasteiger partial charge is 0.298 e. The van der Waals surface area contributed by atoms with Gasteiger partial charge < -0.3 is 19.5 Å². The molecule has 2 saturated heterocycles. The Hall–Kier alpha value is -2.08. The Morgan fingerprint density at radius 3 is 2.77 bits per heavy atom. The van der Waals surface area contributed by atoms with Crippen LogP contribution in [0.2, 0.25) is 0 Å². The number of aromatic nitrogens is 1. The molecule has 116 valence electrons. The van der Waals surface area contributed by atoms with E-state index in [2.05, 4.69) is 15.2 Å². The summed E-state index contributed by atoms with van der Waals surface area (Å²) in [6, 6.07) is 8.47. The fourth-order valence-corrected chi connectivity index (χ4v) is 3.23. The van der Waals surface area contributed by atoms with Crippen molar-refractivity contribution in [1.82, 2.24) is 15.2 Å². The summed E-state index contributed by atoms with van der Waals surface area (Å²) in [5, 5.41) is 3.28. The molecule has 0 radical (unpaired) electrons. The predicted molar refractivity (Wildman–Crippen MR) is 83.8 cm³/mol. The minimum Gasteiger partial charge on any atom is -0.423 e. The van der Waals surface area contributed by atoms with E-state index in [-0.39, 0.29) is 11.9 Å². The van der Waals surface area contributed by atoms with Crippen molar-refractivity contribution in [2.75, 3.05) is 37.6 Å². The lowest BCUT2D eigenvalue weighted by molar-refractivity contribution is -0.133. The number of hydrogen-bond acceptors (Lipinski definition) is 5. The van der Waals surface area contributed by atoms with Crippen LogP contribution in [0.5, 0.6) is 0 Å². The van der Waals surface area contributed by atoms with E-state index in [0.29, 0.717) is 6.01 Å². The number of benzene rings is 1. The van der Waals surface area contributed by atoms with Gasteiger partial charge in [-0.25, -0.2) is 0 Å². The number of amides is 1. The van der Waals surface area contributed by atoms with Crippen LogP contribution in [0.4, 0.5) is 6.01 Å². The summed E-state index contributed by atoms with van der Waals surface area (Å²) in [4.78, 5) is 21.0. The van der Waals surface area contributed by atoms with Gasteiger partial charge in [0.2, 0.25) is 5.91 Å². The molecule has 1 N–H and O–H groups in total. The summed E-state index contributed by atoms with van der Waals surface area (Å²) >= 11 is 0. The molecular formula is C16H20N4O2. The van der Waals surface area contributed by atoms with Gasteiger partial charge in [-0.05, 0) is 31.5 Å². The molecule has 1 aromatic heterocycles. The first-order chi connectivity index (χ1) is 10.8. The van der Waals surface area contributed by atoms with Crippen LogP contribution in [0.15, 0.2) is 28.7 Å². The zero-order chi connectivity index (χ0) is 14.9. The normalized spacial score (nSPS) is 22.5. The van der Waals surface area contributed by atoms with E-state index in [1.165, 1.54) is 0 Å². The number of hydrogen-bond donors (Lipinski definition) is 1. The van der Waals surface area contributed by atoms with Crippen LogP contribution >= 0.6 is 0 Å². The second kappa shape index (κ2) is 5.61. The quantitative estimate of drug-likeness (QED) is 0.904. The Labute approximate surface area is 129 Å². The van der Waals surface area contributed by atoms with E-state index in [0.717, 1.165) is 56.7 Å². The lowest BCUT2D eigenvalue weighted by Crippen LogP contribution is -2.53. The van der Waals surface area contributed by atoms with Gasteiger partial charge in [0.25, 0.3) is 6.01 Å². The number of piperazine rings is 1. The number of nitrogens with one attached hydrogen (secondary N) is 1. The summed E-state index contributed by atoms with van der Waals surface area (Å²) in [7, 11) is 0. The third kappa shape index (κ3) is 2.43. The maximum absolute atomic E-state index is 12.4. The minimum absolute atomic E-state index is 0.0240. The summed E-state index contributed by atoms with van der Waals surface area (Å²) in [6.07, 6.45) is 2.06. The number of carbonyl (C=O) groups excluding carboxylic acids is 1. The molecule has 2 aliphatic rings. The van der Waals surface area contributed by atoms with Crippen LogP contribution in [0, 0.1) is 0 Å².